The molecular weight excluding hydrogens is 360 g/mol. The molecule has 5 rings (SSSR count). The summed E-state index contributed by atoms with van der Waals surface area (Å²) in [6.07, 6.45) is 0. The Labute approximate surface area is 159 Å². The Morgan fingerprint density at radius 3 is 2.63 bits per heavy atom. The van der Waals surface area contributed by atoms with E-state index in [0.717, 1.165) is 21.9 Å². The summed E-state index contributed by atoms with van der Waals surface area (Å²) in [7, 11) is 0. The van der Waals surface area contributed by atoms with Crippen LogP contribution in [0.15, 0.2) is 66.0 Å². The molecule has 1 aliphatic heterocycles. The maximum Gasteiger partial charge on any atom is 0.210 e. The van der Waals surface area contributed by atoms with Gasteiger partial charge in [0.25, 0.3) is 0 Å². The lowest BCUT2D eigenvalue weighted by atomic mass is 9.97. The van der Waals surface area contributed by atoms with E-state index in [9.17, 15) is 5.26 Å². The molecule has 1 unspecified atom stereocenters. The Balaban J connectivity index is 1.85. The van der Waals surface area contributed by atoms with Crippen molar-refractivity contribution in [2.45, 2.75) is 6.04 Å². The van der Waals surface area contributed by atoms with E-state index in [2.05, 4.69) is 21.4 Å². The van der Waals surface area contributed by atoms with Gasteiger partial charge in [-0.3, -0.25) is 4.57 Å². The molecule has 4 aromatic rings. The van der Waals surface area contributed by atoms with E-state index in [4.69, 9.17) is 17.3 Å². The summed E-state index contributed by atoms with van der Waals surface area (Å²) in [6.45, 7) is 0. The molecule has 2 aromatic carbocycles. The van der Waals surface area contributed by atoms with Crippen molar-refractivity contribution in [3.8, 4) is 6.07 Å². The summed E-state index contributed by atoms with van der Waals surface area (Å²) in [4.78, 5) is 9.13. The first kappa shape index (κ1) is 15.7. The average molecular weight is 373 g/mol. The van der Waals surface area contributed by atoms with Crippen LogP contribution in [0.2, 0.25) is 5.15 Å². The lowest BCUT2D eigenvalue weighted by Gasteiger charge is -2.28. The lowest BCUT2D eigenvalue weighted by Crippen LogP contribution is -2.28. The van der Waals surface area contributed by atoms with E-state index in [0.29, 0.717) is 22.2 Å². The largest absolute Gasteiger partial charge is 0.384 e. The number of nitriles is 1. The smallest absolute Gasteiger partial charge is 0.210 e. The number of pyridine rings is 1. The van der Waals surface area contributed by atoms with Crippen molar-refractivity contribution in [3.05, 3.63) is 76.7 Å². The fourth-order valence-electron chi connectivity index (χ4n) is 3.57. The monoisotopic (exact) mass is 372 g/mol. The Bertz CT molecular complexity index is 1300. The molecule has 0 spiro atoms. The Hall–Kier alpha value is -3.56. The molecule has 0 fully saturated rings. The number of hydrogen-bond donors (Lipinski definition) is 2. The van der Waals surface area contributed by atoms with Gasteiger partial charge in [-0.1, -0.05) is 41.9 Å². The minimum Gasteiger partial charge on any atom is -0.384 e. The molecule has 0 amide bonds. The molecule has 2 aromatic heterocycles. The summed E-state index contributed by atoms with van der Waals surface area (Å²) >= 11 is 6.55. The molecule has 3 N–H and O–H groups in total. The SMILES string of the molecule is N#CC1=C(N)Nc2nc3ccccc3n2C1c1cc2ccccc2nc1Cl. The molecule has 0 saturated carbocycles. The van der Waals surface area contributed by atoms with Crippen LogP contribution in [0.3, 0.4) is 0 Å². The van der Waals surface area contributed by atoms with E-state index in [1.54, 1.807) is 0 Å². The van der Waals surface area contributed by atoms with Gasteiger partial charge in [0.05, 0.1) is 22.1 Å². The highest BCUT2D eigenvalue weighted by Gasteiger charge is 2.32. The Morgan fingerprint density at radius 2 is 1.81 bits per heavy atom. The number of hydrogen-bond acceptors (Lipinski definition) is 5. The number of nitrogens with one attached hydrogen (secondary N) is 1. The summed E-state index contributed by atoms with van der Waals surface area (Å²) in [6, 6.07) is 19.1. The predicted molar refractivity (Wildman–Crippen MR) is 105 cm³/mol. The summed E-state index contributed by atoms with van der Waals surface area (Å²) in [5.74, 6) is 0.844. The first-order chi connectivity index (χ1) is 13.2. The number of nitrogens with two attached hydrogens (primary N) is 1. The van der Waals surface area contributed by atoms with Gasteiger partial charge in [0.1, 0.15) is 23.1 Å². The molecule has 0 bridgehead atoms. The van der Waals surface area contributed by atoms with Crippen LogP contribution in [-0.2, 0) is 0 Å². The van der Waals surface area contributed by atoms with Crippen LogP contribution in [0.25, 0.3) is 21.9 Å². The Kier molecular flexibility index (Phi) is 3.33. The molecule has 6 nitrogen and oxygen atoms in total. The predicted octanol–water partition coefficient (Wildman–Crippen LogP) is 3.95. The van der Waals surface area contributed by atoms with Gasteiger partial charge >= 0.3 is 0 Å². The van der Waals surface area contributed by atoms with Crippen molar-refractivity contribution in [2.24, 2.45) is 5.73 Å². The van der Waals surface area contributed by atoms with Gasteiger partial charge in [0, 0.05) is 10.9 Å². The second-order valence-corrected chi connectivity index (χ2v) is 6.68. The third-order valence-corrected chi connectivity index (χ3v) is 5.09. The van der Waals surface area contributed by atoms with Gasteiger partial charge in [-0.25, -0.2) is 9.97 Å². The fourth-order valence-corrected chi connectivity index (χ4v) is 3.82. The van der Waals surface area contributed by atoms with Crippen LogP contribution in [0.1, 0.15) is 11.6 Å². The number of halogens is 1. The van der Waals surface area contributed by atoms with Gasteiger partial charge in [0.2, 0.25) is 5.95 Å². The fraction of sp³-hybridized carbons (Fsp3) is 0.0500. The highest BCUT2D eigenvalue weighted by molar-refractivity contribution is 6.30. The van der Waals surface area contributed by atoms with Crippen LogP contribution in [0, 0.1) is 11.3 Å². The second kappa shape index (κ2) is 5.73. The van der Waals surface area contributed by atoms with E-state index < -0.39 is 6.04 Å². The van der Waals surface area contributed by atoms with Gasteiger partial charge in [-0.05, 0) is 24.3 Å². The number of fused-ring (bicyclic) bond motifs is 4. The van der Waals surface area contributed by atoms with Crippen LogP contribution >= 0.6 is 11.6 Å². The van der Waals surface area contributed by atoms with Gasteiger partial charge in [0.15, 0.2) is 0 Å². The van der Waals surface area contributed by atoms with Crippen molar-refractivity contribution in [3.63, 3.8) is 0 Å². The minimum atomic E-state index is -0.511. The average Bonchev–Trinajstić information content (AvgIpc) is 3.04. The number of nitrogens with zero attached hydrogens (tertiary/aromatic N) is 4. The second-order valence-electron chi connectivity index (χ2n) is 6.32. The topological polar surface area (TPSA) is 92.5 Å². The molecule has 27 heavy (non-hydrogen) atoms. The van der Waals surface area contributed by atoms with Crippen LogP contribution < -0.4 is 11.1 Å². The number of benzene rings is 2. The van der Waals surface area contributed by atoms with Crippen molar-refractivity contribution >= 4 is 39.5 Å². The molecule has 1 atom stereocenters. The number of anilines is 1. The molecule has 7 heteroatoms. The van der Waals surface area contributed by atoms with Crippen molar-refractivity contribution < 1.29 is 0 Å². The minimum absolute atomic E-state index is 0.273. The third-order valence-electron chi connectivity index (χ3n) is 4.78. The summed E-state index contributed by atoms with van der Waals surface area (Å²) in [5, 5.41) is 14.1. The first-order valence-corrected chi connectivity index (χ1v) is 8.74. The van der Waals surface area contributed by atoms with E-state index in [1.165, 1.54) is 0 Å². The van der Waals surface area contributed by atoms with Crippen molar-refractivity contribution in [2.75, 3.05) is 5.32 Å². The summed E-state index contributed by atoms with van der Waals surface area (Å²) in [5.41, 5.74) is 9.72. The molecule has 130 valence electrons. The standard InChI is InChI=1S/C20H13ClN6/c21-18-12(9-11-5-1-2-6-14(11)24-18)17-13(10-22)19(23)26-20-25-15-7-3-4-8-16(15)27(17)20/h1-9,17H,23H2,(H,25,26). The lowest BCUT2D eigenvalue weighted by molar-refractivity contribution is 0.679. The number of allylic oxidation sites excluding steroid dienone is 1. The van der Waals surface area contributed by atoms with E-state index in [1.807, 2.05) is 59.2 Å². The van der Waals surface area contributed by atoms with E-state index >= 15 is 0 Å². The highest BCUT2D eigenvalue weighted by Crippen LogP contribution is 2.40. The molecule has 0 radical (unpaired) electrons. The Morgan fingerprint density at radius 1 is 1.07 bits per heavy atom. The normalized spacial score (nSPS) is 16.2. The first-order valence-electron chi connectivity index (χ1n) is 8.36. The van der Waals surface area contributed by atoms with Gasteiger partial charge in [-0.2, -0.15) is 5.26 Å². The van der Waals surface area contributed by atoms with Gasteiger partial charge in [-0.15, -0.1) is 0 Å². The van der Waals surface area contributed by atoms with Crippen LogP contribution in [0.5, 0.6) is 0 Å². The zero-order chi connectivity index (χ0) is 18.5. The number of aromatic nitrogens is 3. The van der Waals surface area contributed by atoms with Crippen molar-refractivity contribution in [1.82, 2.24) is 14.5 Å². The summed E-state index contributed by atoms with van der Waals surface area (Å²) < 4.78 is 1.95. The highest BCUT2D eigenvalue weighted by atomic mass is 35.5. The molecular formula is C20H13ClN6. The van der Waals surface area contributed by atoms with Crippen molar-refractivity contribution in [1.29, 1.82) is 5.26 Å². The molecule has 1 aliphatic rings. The third kappa shape index (κ3) is 2.26. The quantitative estimate of drug-likeness (QED) is 0.493. The number of imidazole rings is 1. The zero-order valence-electron chi connectivity index (χ0n) is 14.0. The zero-order valence-corrected chi connectivity index (χ0v) is 14.8. The number of para-hydroxylation sites is 3. The maximum atomic E-state index is 9.81. The van der Waals surface area contributed by atoms with Gasteiger partial charge < -0.3 is 11.1 Å². The molecule has 0 aliphatic carbocycles. The van der Waals surface area contributed by atoms with E-state index in [-0.39, 0.29) is 5.82 Å². The number of rotatable bonds is 1. The maximum absolute atomic E-state index is 9.81. The molecule has 0 saturated heterocycles. The van der Waals surface area contributed by atoms with Crippen LogP contribution in [0.4, 0.5) is 5.95 Å². The van der Waals surface area contributed by atoms with Crippen LogP contribution in [-0.4, -0.2) is 14.5 Å². The molecule has 3 heterocycles.